The van der Waals surface area contributed by atoms with E-state index in [0.29, 0.717) is 18.6 Å². The van der Waals surface area contributed by atoms with E-state index >= 15 is 0 Å². The molecule has 0 aromatic rings. The van der Waals surface area contributed by atoms with Crippen LogP contribution in [0.1, 0.15) is 47.5 Å². The monoisotopic (exact) mass is 282 g/mol. The third kappa shape index (κ3) is 6.88. The van der Waals surface area contributed by atoms with Crippen LogP contribution in [-0.4, -0.2) is 20.7 Å². The third-order valence-corrected chi connectivity index (χ3v) is 8.21. The van der Waals surface area contributed by atoms with Gasteiger partial charge in [0.25, 0.3) is 0 Å². The van der Waals surface area contributed by atoms with Gasteiger partial charge in [-0.25, -0.2) is 0 Å². The van der Waals surface area contributed by atoms with Gasteiger partial charge in [-0.05, 0) is 38.4 Å². The van der Waals surface area contributed by atoms with E-state index in [1.165, 1.54) is 5.57 Å². The molecule has 0 aliphatic rings. The van der Waals surface area contributed by atoms with Crippen molar-refractivity contribution in [3.63, 3.8) is 0 Å². The molecule has 0 aromatic heterocycles. The van der Waals surface area contributed by atoms with Gasteiger partial charge >= 0.3 is 0 Å². The maximum atomic E-state index is 11.9. The summed E-state index contributed by atoms with van der Waals surface area (Å²) in [7, 11) is -1.79. The van der Waals surface area contributed by atoms with Crippen molar-refractivity contribution in [2.45, 2.75) is 65.6 Å². The molecule has 0 aliphatic carbocycles. The van der Waals surface area contributed by atoms with Crippen LogP contribution in [0.3, 0.4) is 0 Å². The summed E-state index contributed by atoms with van der Waals surface area (Å²) >= 11 is 0. The number of hydrogen-bond acceptors (Lipinski definition) is 2. The van der Waals surface area contributed by atoms with E-state index in [1.807, 2.05) is 13.8 Å². The molecule has 0 unspecified atom stereocenters. The van der Waals surface area contributed by atoms with Crippen molar-refractivity contribution in [2.24, 2.45) is 0 Å². The lowest BCUT2D eigenvalue weighted by Crippen LogP contribution is -2.41. The van der Waals surface area contributed by atoms with Crippen LogP contribution in [0.2, 0.25) is 18.1 Å². The van der Waals surface area contributed by atoms with Gasteiger partial charge in [-0.15, -0.1) is 0 Å². The summed E-state index contributed by atoms with van der Waals surface area (Å²) < 4.78 is 6.01. The number of allylic oxidation sites excluding steroid dienone is 2. The fourth-order valence-corrected chi connectivity index (χ4v) is 2.20. The highest BCUT2D eigenvalue weighted by Gasteiger charge is 2.37. The molecule has 0 fully saturated rings. The zero-order valence-electron chi connectivity index (χ0n) is 13.7. The third-order valence-electron chi connectivity index (χ3n) is 3.73. The van der Waals surface area contributed by atoms with Crippen molar-refractivity contribution >= 4 is 14.1 Å². The molecule has 2 nitrogen and oxygen atoms in total. The molecule has 0 spiro atoms. The Morgan fingerprint density at radius 1 is 1.26 bits per heavy atom. The summed E-state index contributed by atoms with van der Waals surface area (Å²) in [4.78, 5) is 11.9. The second kappa shape index (κ2) is 7.20. The maximum absolute atomic E-state index is 11.9. The zero-order chi connectivity index (χ0) is 15.3. The zero-order valence-corrected chi connectivity index (χ0v) is 14.7. The Morgan fingerprint density at radius 3 is 2.21 bits per heavy atom. The molecule has 0 heterocycles. The van der Waals surface area contributed by atoms with Gasteiger partial charge in [-0.1, -0.05) is 39.0 Å². The first-order chi connectivity index (χ1) is 8.47. The van der Waals surface area contributed by atoms with E-state index in [1.54, 1.807) is 0 Å². The van der Waals surface area contributed by atoms with E-state index in [-0.39, 0.29) is 10.8 Å². The lowest BCUT2D eigenvalue weighted by Gasteiger charge is -2.36. The van der Waals surface area contributed by atoms with E-state index < -0.39 is 8.32 Å². The average molecular weight is 282 g/mol. The number of carbonyl (C=O) groups is 1. The first-order valence-corrected chi connectivity index (χ1v) is 9.86. The molecule has 0 atom stereocenters. The minimum Gasteiger partial charge on any atom is -0.412 e. The number of carbonyl (C=O) groups excluding carboxylic acids is 1. The highest BCUT2D eigenvalue weighted by atomic mass is 28.4. The van der Waals surface area contributed by atoms with Gasteiger partial charge in [-0.3, -0.25) is 4.79 Å². The lowest BCUT2D eigenvalue weighted by atomic mass is 10.1. The largest absolute Gasteiger partial charge is 0.412 e. The number of hydrogen-bond donors (Lipinski definition) is 0. The molecule has 0 N–H and O–H groups in total. The summed E-state index contributed by atoms with van der Waals surface area (Å²) in [6.45, 7) is 19.3. The predicted octanol–water partition coefficient (Wildman–Crippen LogP) is 4.88. The minimum absolute atomic E-state index is 0.121. The first-order valence-electron chi connectivity index (χ1n) is 6.95. The van der Waals surface area contributed by atoms with Crippen molar-refractivity contribution in [3.05, 3.63) is 23.8 Å². The van der Waals surface area contributed by atoms with E-state index in [4.69, 9.17) is 4.43 Å². The summed E-state index contributed by atoms with van der Waals surface area (Å²) in [6, 6.07) is 0. The molecule has 110 valence electrons. The van der Waals surface area contributed by atoms with E-state index in [9.17, 15) is 4.79 Å². The Kier molecular flexibility index (Phi) is 6.95. The van der Waals surface area contributed by atoms with Gasteiger partial charge in [0.15, 0.2) is 14.1 Å². The van der Waals surface area contributed by atoms with Crippen LogP contribution < -0.4 is 0 Å². The van der Waals surface area contributed by atoms with Crippen LogP contribution in [0.15, 0.2) is 23.8 Å². The number of rotatable bonds is 7. The van der Waals surface area contributed by atoms with Crippen molar-refractivity contribution < 1.29 is 9.22 Å². The Morgan fingerprint density at radius 2 is 1.79 bits per heavy atom. The molecular weight excluding hydrogens is 252 g/mol. The Labute approximate surface area is 120 Å². The summed E-state index contributed by atoms with van der Waals surface area (Å²) in [5.74, 6) is 0.121. The Balaban J connectivity index is 4.26. The van der Waals surface area contributed by atoms with Crippen LogP contribution >= 0.6 is 0 Å². The highest BCUT2D eigenvalue weighted by molar-refractivity contribution is 6.74. The molecular formula is C16H30O2Si. The van der Waals surface area contributed by atoms with E-state index in [2.05, 4.69) is 46.5 Å². The SMILES string of the molecule is C=C(CO[Si](C)(C)C(C)(C)C)C(=O)CCC=C(C)C. The second-order valence-electron chi connectivity index (χ2n) is 6.90. The van der Waals surface area contributed by atoms with E-state index in [0.717, 1.165) is 6.42 Å². The lowest BCUT2D eigenvalue weighted by molar-refractivity contribution is -0.115. The molecule has 3 heteroatoms. The van der Waals surface area contributed by atoms with Gasteiger partial charge in [0.1, 0.15) is 0 Å². The van der Waals surface area contributed by atoms with Crippen molar-refractivity contribution in [2.75, 3.05) is 6.61 Å². The second-order valence-corrected chi connectivity index (χ2v) is 11.7. The van der Waals surface area contributed by atoms with Gasteiger partial charge in [0.05, 0.1) is 6.61 Å². The van der Waals surface area contributed by atoms with Gasteiger partial charge in [0.2, 0.25) is 0 Å². The molecule has 0 saturated heterocycles. The van der Waals surface area contributed by atoms with Gasteiger partial charge < -0.3 is 4.43 Å². The predicted molar refractivity (Wildman–Crippen MR) is 86.0 cm³/mol. The molecule has 0 aromatic carbocycles. The van der Waals surface area contributed by atoms with Crippen molar-refractivity contribution in [1.29, 1.82) is 0 Å². The fourth-order valence-electron chi connectivity index (χ4n) is 1.23. The van der Waals surface area contributed by atoms with Gasteiger partial charge in [0, 0.05) is 12.0 Å². The Bertz CT molecular complexity index is 355. The topological polar surface area (TPSA) is 26.3 Å². The average Bonchev–Trinajstić information content (AvgIpc) is 2.23. The van der Waals surface area contributed by atoms with Crippen LogP contribution in [-0.2, 0) is 9.22 Å². The van der Waals surface area contributed by atoms with Crippen LogP contribution in [0.5, 0.6) is 0 Å². The molecule has 19 heavy (non-hydrogen) atoms. The van der Waals surface area contributed by atoms with Gasteiger partial charge in [-0.2, -0.15) is 0 Å². The first kappa shape index (κ1) is 18.3. The standard InChI is InChI=1S/C16H30O2Si/c1-13(2)10-9-11-15(17)14(3)12-18-19(7,8)16(4,5)6/h10H,3,9,11-12H2,1-2,4-8H3. The molecule has 0 saturated carbocycles. The van der Waals surface area contributed by atoms with Crippen LogP contribution in [0, 0.1) is 0 Å². The number of ketones is 1. The fraction of sp³-hybridized carbons (Fsp3) is 0.688. The van der Waals surface area contributed by atoms with Crippen molar-refractivity contribution in [1.82, 2.24) is 0 Å². The summed E-state index contributed by atoms with van der Waals surface area (Å²) in [5, 5.41) is 0.165. The Hall–Kier alpha value is -0.673. The van der Waals surface area contributed by atoms with Crippen molar-refractivity contribution in [3.8, 4) is 0 Å². The minimum atomic E-state index is -1.79. The molecule has 0 radical (unpaired) electrons. The normalized spacial score (nSPS) is 12.2. The quantitative estimate of drug-likeness (QED) is 0.378. The summed E-state index contributed by atoms with van der Waals surface area (Å²) in [6.07, 6.45) is 3.41. The smallest absolute Gasteiger partial charge is 0.192 e. The van der Waals surface area contributed by atoms with Crippen LogP contribution in [0.4, 0.5) is 0 Å². The summed E-state index contributed by atoms with van der Waals surface area (Å²) in [5.41, 5.74) is 1.85. The molecule has 0 amide bonds. The molecule has 0 aliphatic heterocycles. The molecule has 0 rings (SSSR count). The molecule has 0 bridgehead atoms. The van der Waals surface area contributed by atoms with Crippen LogP contribution in [0.25, 0.3) is 0 Å². The number of Topliss-reactive ketones (excluding diaryl/α,β-unsaturated/α-hetero) is 1. The maximum Gasteiger partial charge on any atom is 0.192 e. The highest BCUT2D eigenvalue weighted by Crippen LogP contribution is 2.36.